The number of nitrogens with zero attached hydrogens (tertiary/aromatic N) is 1. The number of nitrogens with two attached hydrogens (primary N) is 1. The van der Waals surface area contributed by atoms with Gasteiger partial charge in [0.25, 0.3) is 0 Å². The third-order valence-corrected chi connectivity index (χ3v) is 4.47. The molecule has 1 aliphatic heterocycles. The molecule has 0 bridgehead atoms. The highest BCUT2D eigenvalue weighted by molar-refractivity contribution is 8.00. The number of hydrogen-bond acceptors (Lipinski definition) is 3. The van der Waals surface area contributed by atoms with Crippen LogP contribution in [0.4, 0.5) is 20.2 Å². The summed E-state index contributed by atoms with van der Waals surface area (Å²) in [6, 6.07) is 10.1. The number of carbonyl (C=O) groups is 1. The van der Waals surface area contributed by atoms with Crippen molar-refractivity contribution in [3.63, 3.8) is 0 Å². The zero-order valence-corrected chi connectivity index (χ0v) is 11.7. The Balaban J connectivity index is 2.03. The Labute approximate surface area is 124 Å². The molecule has 0 saturated carbocycles. The van der Waals surface area contributed by atoms with Gasteiger partial charge in [-0.15, -0.1) is 11.8 Å². The van der Waals surface area contributed by atoms with Gasteiger partial charge in [-0.1, -0.05) is 12.1 Å². The number of benzene rings is 2. The molecule has 1 atom stereocenters. The Morgan fingerprint density at radius 2 is 1.86 bits per heavy atom. The molecule has 3 rings (SSSR count). The van der Waals surface area contributed by atoms with Crippen LogP contribution in [-0.4, -0.2) is 11.7 Å². The monoisotopic (exact) mass is 306 g/mol. The topological polar surface area (TPSA) is 46.3 Å². The molecule has 2 aromatic rings. The van der Waals surface area contributed by atoms with Crippen LogP contribution in [0.25, 0.3) is 0 Å². The summed E-state index contributed by atoms with van der Waals surface area (Å²) >= 11 is 1.37. The quantitative estimate of drug-likeness (QED) is 0.866. The lowest BCUT2D eigenvalue weighted by Crippen LogP contribution is -2.28. The Bertz CT molecular complexity index is 691. The van der Waals surface area contributed by atoms with Crippen molar-refractivity contribution in [2.24, 2.45) is 0 Å². The van der Waals surface area contributed by atoms with Crippen molar-refractivity contribution >= 4 is 29.0 Å². The van der Waals surface area contributed by atoms with Gasteiger partial charge in [0.15, 0.2) is 0 Å². The minimum absolute atomic E-state index is 0.0353. The first-order chi connectivity index (χ1) is 10.1. The molecule has 1 fully saturated rings. The number of nitrogen functional groups attached to an aromatic ring is 1. The highest BCUT2D eigenvalue weighted by Gasteiger charge is 2.35. The van der Waals surface area contributed by atoms with Crippen molar-refractivity contribution in [1.82, 2.24) is 0 Å². The van der Waals surface area contributed by atoms with Crippen molar-refractivity contribution in [3.8, 4) is 0 Å². The van der Waals surface area contributed by atoms with Crippen molar-refractivity contribution in [3.05, 3.63) is 59.7 Å². The van der Waals surface area contributed by atoms with Crippen LogP contribution in [0, 0.1) is 11.6 Å². The molecule has 1 aliphatic rings. The van der Waals surface area contributed by atoms with Crippen molar-refractivity contribution in [1.29, 1.82) is 0 Å². The molecular weight excluding hydrogens is 294 g/mol. The molecule has 0 spiro atoms. The maximum atomic E-state index is 14.0. The number of anilines is 2. The predicted octanol–water partition coefficient (Wildman–Crippen LogP) is 3.33. The van der Waals surface area contributed by atoms with E-state index in [4.69, 9.17) is 5.73 Å². The zero-order valence-electron chi connectivity index (χ0n) is 10.9. The van der Waals surface area contributed by atoms with Gasteiger partial charge in [-0.2, -0.15) is 0 Å². The summed E-state index contributed by atoms with van der Waals surface area (Å²) in [6.07, 6.45) is 0. The van der Waals surface area contributed by atoms with Crippen LogP contribution >= 0.6 is 11.8 Å². The third-order valence-electron chi connectivity index (χ3n) is 3.26. The molecule has 3 nitrogen and oxygen atoms in total. The molecule has 0 aromatic heterocycles. The van der Waals surface area contributed by atoms with E-state index in [1.807, 2.05) is 0 Å². The average molecular weight is 306 g/mol. The Kier molecular flexibility index (Phi) is 3.55. The van der Waals surface area contributed by atoms with E-state index in [2.05, 4.69) is 0 Å². The lowest BCUT2D eigenvalue weighted by Gasteiger charge is -2.24. The minimum Gasteiger partial charge on any atom is -0.399 e. The summed E-state index contributed by atoms with van der Waals surface area (Å²) in [6.45, 7) is 0. The molecule has 1 heterocycles. The number of thioether (sulfide) groups is 1. The number of halogens is 2. The molecule has 0 radical (unpaired) electrons. The van der Waals surface area contributed by atoms with Gasteiger partial charge in [-0.25, -0.2) is 8.78 Å². The van der Waals surface area contributed by atoms with E-state index >= 15 is 0 Å². The van der Waals surface area contributed by atoms with Gasteiger partial charge in [0.1, 0.15) is 17.0 Å². The van der Waals surface area contributed by atoms with Crippen LogP contribution < -0.4 is 10.6 Å². The second-order valence-corrected chi connectivity index (χ2v) is 5.76. The average Bonchev–Trinajstić information content (AvgIpc) is 2.84. The van der Waals surface area contributed by atoms with E-state index in [0.717, 1.165) is 23.8 Å². The number of rotatable bonds is 2. The third kappa shape index (κ3) is 2.58. The van der Waals surface area contributed by atoms with Crippen molar-refractivity contribution in [2.75, 3.05) is 16.4 Å². The molecule has 2 N–H and O–H groups in total. The van der Waals surface area contributed by atoms with Gasteiger partial charge < -0.3 is 5.73 Å². The summed E-state index contributed by atoms with van der Waals surface area (Å²) in [5.41, 5.74) is 7.04. The van der Waals surface area contributed by atoms with Crippen molar-refractivity contribution < 1.29 is 13.6 Å². The second-order valence-electron chi connectivity index (χ2n) is 4.69. The summed E-state index contributed by atoms with van der Waals surface area (Å²) in [5.74, 6) is -1.21. The van der Waals surface area contributed by atoms with Gasteiger partial charge >= 0.3 is 0 Å². The highest BCUT2D eigenvalue weighted by atomic mass is 32.2. The molecule has 2 aromatic carbocycles. The minimum atomic E-state index is -0.618. The normalized spacial score (nSPS) is 18.3. The van der Waals surface area contributed by atoms with Crippen LogP contribution in [-0.2, 0) is 4.79 Å². The van der Waals surface area contributed by atoms with Gasteiger partial charge in [0.05, 0.1) is 11.4 Å². The van der Waals surface area contributed by atoms with E-state index in [9.17, 15) is 13.6 Å². The van der Waals surface area contributed by atoms with Crippen LogP contribution in [0.2, 0.25) is 0 Å². The fourth-order valence-electron chi connectivity index (χ4n) is 2.26. The molecule has 0 aliphatic carbocycles. The first kappa shape index (κ1) is 13.9. The van der Waals surface area contributed by atoms with Crippen molar-refractivity contribution in [2.45, 2.75) is 5.37 Å². The number of carbonyl (C=O) groups excluding carboxylic acids is 1. The smallest absolute Gasteiger partial charge is 0.238 e. The largest absolute Gasteiger partial charge is 0.399 e. The first-order valence-corrected chi connectivity index (χ1v) is 7.35. The van der Waals surface area contributed by atoms with Crippen LogP contribution in [0.1, 0.15) is 10.9 Å². The van der Waals surface area contributed by atoms with E-state index < -0.39 is 11.6 Å². The van der Waals surface area contributed by atoms with Crippen LogP contribution in [0.3, 0.4) is 0 Å². The molecule has 1 amide bonds. The fraction of sp³-hybridized carbons (Fsp3) is 0.133. The van der Waals surface area contributed by atoms with Crippen LogP contribution in [0.15, 0.2) is 42.5 Å². The molecule has 108 valence electrons. The number of amides is 1. The summed E-state index contributed by atoms with van der Waals surface area (Å²) in [5, 5.41) is -0.380. The fourth-order valence-corrected chi connectivity index (χ4v) is 3.43. The Morgan fingerprint density at radius 3 is 2.57 bits per heavy atom. The summed E-state index contributed by atoms with van der Waals surface area (Å²) < 4.78 is 27.3. The maximum Gasteiger partial charge on any atom is 0.238 e. The Hall–Kier alpha value is -2.08. The molecule has 21 heavy (non-hydrogen) atoms. The number of hydrogen-bond donors (Lipinski definition) is 1. The zero-order chi connectivity index (χ0) is 15.0. The molecule has 1 saturated heterocycles. The Morgan fingerprint density at radius 1 is 1.14 bits per heavy atom. The van der Waals surface area contributed by atoms with E-state index in [1.54, 1.807) is 24.3 Å². The van der Waals surface area contributed by atoms with Gasteiger partial charge in [-0.05, 0) is 29.8 Å². The van der Waals surface area contributed by atoms with E-state index in [-0.39, 0.29) is 22.7 Å². The first-order valence-electron chi connectivity index (χ1n) is 6.30. The second kappa shape index (κ2) is 5.37. The lowest BCUT2D eigenvalue weighted by molar-refractivity contribution is -0.115. The molecule has 1 unspecified atom stereocenters. The highest BCUT2D eigenvalue weighted by Crippen LogP contribution is 2.42. The predicted molar refractivity (Wildman–Crippen MR) is 79.9 cm³/mol. The van der Waals surface area contributed by atoms with E-state index in [0.29, 0.717) is 5.69 Å². The summed E-state index contributed by atoms with van der Waals surface area (Å²) in [7, 11) is 0. The molecule has 6 heteroatoms. The molecular formula is C15H12F2N2OS. The summed E-state index contributed by atoms with van der Waals surface area (Å²) in [4.78, 5) is 13.4. The maximum absolute atomic E-state index is 14.0. The van der Waals surface area contributed by atoms with Gasteiger partial charge in [0.2, 0.25) is 5.91 Å². The van der Waals surface area contributed by atoms with Gasteiger partial charge in [-0.3, -0.25) is 9.69 Å². The standard InChI is InChI=1S/C15H12F2N2OS/c16-10-3-6-12(17)13(7-10)19-14(20)8-21-15(19)9-1-4-11(18)5-2-9/h1-7,15H,8,18H2. The van der Waals surface area contributed by atoms with Crippen LogP contribution in [0.5, 0.6) is 0 Å². The van der Waals surface area contributed by atoms with Gasteiger partial charge in [0, 0.05) is 11.8 Å². The SMILES string of the molecule is Nc1ccc(C2SCC(=O)N2c2cc(F)ccc2F)cc1. The van der Waals surface area contributed by atoms with E-state index in [1.165, 1.54) is 16.7 Å². The lowest BCUT2D eigenvalue weighted by atomic mass is 10.1.